The van der Waals surface area contributed by atoms with Gasteiger partial charge in [-0.1, -0.05) is 24.3 Å². The smallest absolute Gasteiger partial charge is 0.220 e. The van der Waals surface area contributed by atoms with E-state index in [2.05, 4.69) is 29.3 Å². The van der Waals surface area contributed by atoms with Gasteiger partial charge in [0.1, 0.15) is 0 Å². The first-order chi connectivity index (χ1) is 7.79. The molecule has 2 rings (SSSR count). The van der Waals surface area contributed by atoms with Crippen LogP contribution >= 0.6 is 11.6 Å². The molecule has 1 aromatic carbocycles. The second-order valence-electron chi connectivity index (χ2n) is 3.63. The zero-order chi connectivity index (χ0) is 11.4. The maximum Gasteiger partial charge on any atom is 0.220 e. The van der Waals surface area contributed by atoms with Gasteiger partial charge < -0.3 is 4.42 Å². The van der Waals surface area contributed by atoms with Crippen molar-refractivity contribution in [1.29, 1.82) is 0 Å². The summed E-state index contributed by atoms with van der Waals surface area (Å²) in [6.07, 6.45) is 1.31. The summed E-state index contributed by atoms with van der Waals surface area (Å²) in [5, 5.41) is 7.93. The Morgan fingerprint density at radius 1 is 1.19 bits per heavy atom. The van der Waals surface area contributed by atoms with Crippen molar-refractivity contribution in [2.24, 2.45) is 0 Å². The van der Waals surface area contributed by atoms with Gasteiger partial charge in [-0.25, -0.2) is 0 Å². The molecule has 2 aromatic rings. The summed E-state index contributed by atoms with van der Waals surface area (Å²) >= 11 is 5.60. The van der Waals surface area contributed by atoms with Crippen molar-refractivity contribution in [1.82, 2.24) is 10.2 Å². The van der Waals surface area contributed by atoms with Crippen LogP contribution in [0.2, 0.25) is 0 Å². The largest absolute Gasteiger partial charge is 0.425 e. The number of rotatable bonds is 4. The fraction of sp³-hybridized carbons (Fsp3) is 0.333. The first kappa shape index (κ1) is 11.1. The number of benzene rings is 1. The van der Waals surface area contributed by atoms with Crippen molar-refractivity contribution in [3.8, 4) is 0 Å². The molecule has 0 bridgehead atoms. The number of hydrogen-bond acceptors (Lipinski definition) is 3. The van der Waals surface area contributed by atoms with Gasteiger partial charge >= 0.3 is 0 Å². The molecule has 0 aliphatic rings. The van der Waals surface area contributed by atoms with Gasteiger partial charge in [0, 0.05) is 12.3 Å². The molecule has 0 aliphatic heterocycles. The van der Waals surface area contributed by atoms with Crippen molar-refractivity contribution in [2.45, 2.75) is 19.8 Å². The maximum atomic E-state index is 5.60. The highest BCUT2D eigenvalue weighted by Gasteiger charge is 2.07. The maximum absolute atomic E-state index is 5.60. The third kappa shape index (κ3) is 2.61. The van der Waals surface area contributed by atoms with Crippen LogP contribution in [-0.4, -0.2) is 16.1 Å². The summed E-state index contributed by atoms with van der Waals surface area (Å²) in [6.45, 7) is 2.07. The Kier molecular flexibility index (Phi) is 3.57. The van der Waals surface area contributed by atoms with Crippen LogP contribution in [0.25, 0.3) is 0 Å². The lowest BCUT2D eigenvalue weighted by Crippen LogP contribution is -1.91. The lowest BCUT2D eigenvalue weighted by Gasteiger charge is -2.00. The molecule has 0 fully saturated rings. The molecule has 1 heterocycles. The molecule has 4 heteroatoms. The molecule has 0 atom stereocenters. The Bertz CT molecular complexity index is 468. The van der Waals surface area contributed by atoms with Crippen molar-refractivity contribution in [2.75, 3.05) is 5.88 Å². The summed E-state index contributed by atoms with van der Waals surface area (Å²) in [5.41, 5.74) is 2.45. The molecule has 84 valence electrons. The highest BCUT2D eigenvalue weighted by molar-refractivity contribution is 6.17. The van der Waals surface area contributed by atoms with Crippen molar-refractivity contribution in [3.63, 3.8) is 0 Å². The van der Waals surface area contributed by atoms with Gasteiger partial charge in [-0.15, -0.1) is 21.8 Å². The van der Waals surface area contributed by atoms with Crippen molar-refractivity contribution >= 4 is 11.6 Å². The van der Waals surface area contributed by atoms with E-state index in [0.29, 0.717) is 30.5 Å². The number of nitrogens with zero attached hydrogens (tertiary/aromatic N) is 2. The summed E-state index contributed by atoms with van der Waals surface area (Å²) in [4.78, 5) is 0. The number of halogens is 1. The number of aromatic nitrogens is 2. The highest BCUT2D eigenvalue weighted by atomic mass is 35.5. The van der Waals surface area contributed by atoms with Crippen LogP contribution in [0.1, 0.15) is 22.9 Å². The molecular weight excluding hydrogens is 224 g/mol. The van der Waals surface area contributed by atoms with Gasteiger partial charge in [-0.3, -0.25) is 0 Å². The fourth-order valence-electron chi connectivity index (χ4n) is 1.51. The van der Waals surface area contributed by atoms with Crippen LogP contribution in [0.5, 0.6) is 0 Å². The Hall–Kier alpha value is -1.35. The average molecular weight is 237 g/mol. The van der Waals surface area contributed by atoms with E-state index in [0.717, 1.165) is 0 Å². The Balaban J connectivity index is 2.11. The first-order valence-corrected chi connectivity index (χ1v) is 5.75. The molecule has 0 saturated carbocycles. The van der Waals surface area contributed by atoms with E-state index < -0.39 is 0 Å². The molecule has 1 aromatic heterocycles. The normalized spacial score (nSPS) is 10.6. The van der Waals surface area contributed by atoms with Gasteiger partial charge in [0.25, 0.3) is 0 Å². The van der Waals surface area contributed by atoms with E-state index in [-0.39, 0.29) is 0 Å². The van der Waals surface area contributed by atoms with Gasteiger partial charge in [-0.05, 0) is 18.1 Å². The van der Waals surface area contributed by atoms with E-state index in [1.807, 2.05) is 12.1 Å². The number of alkyl halides is 1. The van der Waals surface area contributed by atoms with Crippen molar-refractivity contribution in [3.05, 3.63) is 47.2 Å². The standard InChI is InChI=1S/C12H13ClN2O/c1-9-4-2-3-5-10(9)8-12-15-14-11(16-12)6-7-13/h2-5H,6-8H2,1H3. The summed E-state index contributed by atoms with van der Waals surface area (Å²) in [5.74, 6) is 1.76. The second-order valence-corrected chi connectivity index (χ2v) is 4.01. The Labute approximate surface area is 99.5 Å². The van der Waals surface area contributed by atoms with Gasteiger partial charge in [-0.2, -0.15) is 0 Å². The average Bonchev–Trinajstić information content (AvgIpc) is 2.70. The lowest BCUT2D eigenvalue weighted by atomic mass is 10.1. The van der Waals surface area contributed by atoms with Gasteiger partial charge in [0.15, 0.2) is 0 Å². The predicted octanol–water partition coefficient (Wildman–Crippen LogP) is 2.75. The SMILES string of the molecule is Cc1ccccc1Cc1nnc(CCCl)o1. The number of aryl methyl sites for hydroxylation is 2. The predicted molar refractivity (Wildman–Crippen MR) is 62.7 cm³/mol. The van der Waals surface area contributed by atoms with Crippen LogP contribution in [0.4, 0.5) is 0 Å². The fourth-order valence-corrected chi connectivity index (χ4v) is 1.67. The van der Waals surface area contributed by atoms with Crippen LogP contribution < -0.4 is 0 Å². The minimum atomic E-state index is 0.506. The van der Waals surface area contributed by atoms with Gasteiger partial charge in [0.05, 0.1) is 6.42 Å². The topological polar surface area (TPSA) is 38.9 Å². The number of hydrogen-bond donors (Lipinski definition) is 0. The van der Waals surface area contributed by atoms with Crippen LogP contribution in [0, 0.1) is 6.92 Å². The van der Waals surface area contributed by atoms with Gasteiger partial charge in [0.2, 0.25) is 11.8 Å². The summed E-state index contributed by atoms with van der Waals surface area (Å²) < 4.78 is 5.48. The molecule has 0 unspecified atom stereocenters. The zero-order valence-corrected chi connectivity index (χ0v) is 9.87. The Morgan fingerprint density at radius 2 is 1.94 bits per heavy atom. The molecule has 0 amide bonds. The van der Waals surface area contributed by atoms with E-state index in [1.54, 1.807) is 0 Å². The molecular formula is C12H13ClN2O. The minimum Gasteiger partial charge on any atom is -0.425 e. The third-order valence-corrected chi connectivity index (χ3v) is 2.61. The second kappa shape index (κ2) is 5.12. The monoisotopic (exact) mass is 236 g/mol. The molecule has 3 nitrogen and oxygen atoms in total. The summed E-state index contributed by atoms with van der Waals surface area (Å²) in [7, 11) is 0. The van der Waals surface area contributed by atoms with Crippen LogP contribution in [0.15, 0.2) is 28.7 Å². The van der Waals surface area contributed by atoms with E-state index in [1.165, 1.54) is 11.1 Å². The minimum absolute atomic E-state index is 0.506. The Morgan fingerprint density at radius 3 is 2.69 bits per heavy atom. The van der Waals surface area contributed by atoms with Crippen molar-refractivity contribution < 1.29 is 4.42 Å². The molecule has 0 saturated heterocycles. The molecule has 16 heavy (non-hydrogen) atoms. The van der Waals surface area contributed by atoms with E-state index in [4.69, 9.17) is 16.0 Å². The van der Waals surface area contributed by atoms with Crippen LogP contribution in [-0.2, 0) is 12.8 Å². The molecule has 0 radical (unpaired) electrons. The van der Waals surface area contributed by atoms with E-state index in [9.17, 15) is 0 Å². The first-order valence-electron chi connectivity index (χ1n) is 5.21. The molecule has 0 N–H and O–H groups in total. The van der Waals surface area contributed by atoms with Crippen LogP contribution in [0.3, 0.4) is 0 Å². The summed E-state index contributed by atoms with van der Waals surface area (Å²) in [6, 6.07) is 8.18. The molecule has 0 spiro atoms. The zero-order valence-electron chi connectivity index (χ0n) is 9.11. The lowest BCUT2D eigenvalue weighted by molar-refractivity contribution is 0.463. The third-order valence-electron chi connectivity index (χ3n) is 2.42. The highest BCUT2D eigenvalue weighted by Crippen LogP contribution is 2.12. The molecule has 0 aliphatic carbocycles. The quantitative estimate of drug-likeness (QED) is 0.767. The van der Waals surface area contributed by atoms with E-state index >= 15 is 0 Å².